The van der Waals surface area contributed by atoms with Crippen LogP contribution in [0.5, 0.6) is 0 Å². The normalized spacial score (nSPS) is 18.1. The minimum Gasteiger partial charge on any atom is -0.447 e. The first kappa shape index (κ1) is 20.6. The summed E-state index contributed by atoms with van der Waals surface area (Å²) in [5.74, 6) is -0.450. The van der Waals surface area contributed by atoms with Crippen molar-refractivity contribution in [3.8, 4) is 0 Å². The highest BCUT2D eigenvalue weighted by Gasteiger charge is 2.34. The Kier molecular flexibility index (Phi) is 5.97. The van der Waals surface area contributed by atoms with Gasteiger partial charge in [0.1, 0.15) is 6.61 Å². The number of hydrogen-bond acceptors (Lipinski definition) is 6. The first-order chi connectivity index (χ1) is 15.0. The molecule has 0 aliphatic carbocycles. The second-order valence-corrected chi connectivity index (χ2v) is 7.71. The maximum Gasteiger partial charge on any atom is 0.407 e. The second-order valence-electron chi connectivity index (χ2n) is 7.71. The minimum atomic E-state index is -0.365. The number of nitrogens with one attached hydrogen (secondary N) is 2. The summed E-state index contributed by atoms with van der Waals surface area (Å²) in [7, 11) is 0. The van der Waals surface area contributed by atoms with Crippen molar-refractivity contribution in [3.05, 3.63) is 65.2 Å². The van der Waals surface area contributed by atoms with Crippen LogP contribution in [0.2, 0.25) is 0 Å². The molecule has 1 saturated heterocycles. The Balaban J connectivity index is 1.23. The molecule has 2 heterocycles. The number of carbonyl (C=O) groups excluding carboxylic acids is 3. The Morgan fingerprint density at radius 3 is 2.39 bits per heavy atom. The number of benzene rings is 2. The molecule has 2 aliphatic heterocycles. The molecule has 1 fully saturated rings. The first-order valence-corrected chi connectivity index (χ1v) is 10.3. The fraction of sp³-hybridized carbons (Fsp3) is 0.304. The maximum atomic E-state index is 12.4. The average Bonchev–Trinajstić information content (AvgIpc) is 3.29. The van der Waals surface area contributed by atoms with E-state index < -0.39 is 0 Å². The zero-order chi connectivity index (χ0) is 21.8. The zero-order valence-electron chi connectivity index (χ0n) is 17.3. The summed E-state index contributed by atoms with van der Waals surface area (Å²) in [6.45, 7) is 2.67. The fourth-order valence-electron chi connectivity index (χ4n) is 3.69. The molecular weight excluding hydrogens is 396 g/mol. The smallest absolute Gasteiger partial charge is 0.407 e. The van der Waals surface area contributed by atoms with Crippen molar-refractivity contribution in [1.29, 1.82) is 0 Å². The number of fused-ring (bicyclic) bond motifs is 1. The van der Waals surface area contributed by atoms with Crippen molar-refractivity contribution in [3.63, 3.8) is 0 Å². The molecule has 0 aromatic heterocycles. The molecule has 2 aromatic carbocycles. The number of cyclic esters (lactones) is 1. The number of rotatable bonds is 8. The van der Waals surface area contributed by atoms with Crippen LogP contribution in [0.4, 0.5) is 10.5 Å². The molecule has 8 heteroatoms. The maximum absolute atomic E-state index is 12.4. The van der Waals surface area contributed by atoms with Crippen LogP contribution in [0.15, 0.2) is 53.6 Å². The van der Waals surface area contributed by atoms with Gasteiger partial charge in [0, 0.05) is 12.3 Å². The van der Waals surface area contributed by atoms with E-state index in [1.807, 2.05) is 31.2 Å². The van der Waals surface area contributed by atoms with Crippen LogP contribution in [-0.2, 0) is 11.2 Å². The number of imide groups is 1. The Labute approximate surface area is 180 Å². The second kappa shape index (κ2) is 8.99. The molecule has 1 atom stereocenters. The molecule has 2 aromatic rings. The number of alkyl carbamates (subject to hydrolysis) is 1. The van der Waals surface area contributed by atoms with E-state index in [1.54, 1.807) is 24.3 Å². The molecule has 31 heavy (non-hydrogen) atoms. The van der Waals surface area contributed by atoms with Gasteiger partial charge < -0.3 is 10.1 Å². The summed E-state index contributed by atoms with van der Waals surface area (Å²) in [4.78, 5) is 37.2. The van der Waals surface area contributed by atoms with Gasteiger partial charge in [0.15, 0.2) is 0 Å². The van der Waals surface area contributed by atoms with Crippen LogP contribution in [0, 0.1) is 0 Å². The highest BCUT2D eigenvalue weighted by molar-refractivity contribution is 6.21. The molecule has 160 valence electrons. The molecule has 2 aliphatic rings. The Hall–Kier alpha value is -3.68. The van der Waals surface area contributed by atoms with Gasteiger partial charge in [-0.05, 0) is 56.0 Å². The lowest BCUT2D eigenvalue weighted by Crippen LogP contribution is -2.30. The molecule has 3 amide bonds. The zero-order valence-corrected chi connectivity index (χ0v) is 17.3. The lowest BCUT2D eigenvalue weighted by atomic mass is 10.1. The molecule has 0 saturated carbocycles. The van der Waals surface area contributed by atoms with Crippen LogP contribution < -0.4 is 10.7 Å². The highest BCUT2D eigenvalue weighted by atomic mass is 16.6. The topological polar surface area (TPSA) is 100 Å². The van der Waals surface area contributed by atoms with Gasteiger partial charge in [0.2, 0.25) is 0 Å². The summed E-state index contributed by atoms with van der Waals surface area (Å²) < 4.78 is 4.90. The summed E-state index contributed by atoms with van der Waals surface area (Å²) in [6, 6.07) is 14.8. The molecule has 0 radical (unpaired) electrons. The van der Waals surface area contributed by atoms with Crippen molar-refractivity contribution in [2.75, 3.05) is 18.6 Å². The van der Waals surface area contributed by atoms with Crippen LogP contribution >= 0.6 is 0 Å². The van der Waals surface area contributed by atoms with Gasteiger partial charge in [-0.3, -0.25) is 19.9 Å². The number of anilines is 1. The third kappa shape index (κ3) is 4.74. The summed E-state index contributed by atoms with van der Waals surface area (Å²) in [5, 5.41) is 7.14. The van der Waals surface area contributed by atoms with Gasteiger partial charge >= 0.3 is 6.09 Å². The van der Waals surface area contributed by atoms with E-state index in [4.69, 9.17) is 4.74 Å². The van der Waals surface area contributed by atoms with Crippen LogP contribution in [0.3, 0.4) is 0 Å². The number of carbonyl (C=O) groups is 3. The van der Waals surface area contributed by atoms with Gasteiger partial charge in [-0.15, -0.1) is 0 Å². The SMILES string of the molecule is C/C(CCCN1C(=O)c2ccccc2C1=O)=N/Nc1ccc(C[C@H]2COC(=O)N2)cc1. The number of amides is 3. The van der Waals surface area contributed by atoms with Crippen LogP contribution in [0.1, 0.15) is 46.0 Å². The predicted molar refractivity (Wildman–Crippen MR) is 116 cm³/mol. The van der Waals surface area contributed by atoms with Gasteiger partial charge in [-0.2, -0.15) is 5.10 Å². The van der Waals surface area contributed by atoms with E-state index in [-0.39, 0.29) is 23.9 Å². The average molecular weight is 420 g/mol. The van der Waals surface area contributed by atoms with E-state index in [0.717, 1.165) is 17.0 Å². The van der Waals surface area contributed by atoms with Gasteiger partial charge in [-0.25, -0.2) is 4.79 Å². The monoisotopic (exact) mass is 420 g/mol. The first-order valence-electron chi connectivity index (χ1n) is 10.3. The molecule has 0 unspecified atom stereocenters. The van der Waals surface area contributed by atoms with Crippen molar-refractivity contribution in [2.24, 2.45) is 5.10 Å². The van der Waals surface area contributed by atoms with E-state index >= 15 is 0 Å². The molecule has 4 rings (SSSR count). The fourth-order valence-corrected chi connectivity index (χ4v) is 3.69. The predicted octanol–water partition coefficient (Wildman–Crippen LogP) is 3.20. The molecule has 0 spiro atoms. The van der Waals surface area contributed by atoms with Crippen molar-refractivity contribution in [1.82, 2.24) is 10.2 Å². The summed E-state index contributed by atoms with van der Waals surface area (Å²) in [6.07, 6.45) is 1.67. The van der Waals surface area contributed by atoms with Crippen molar-refractivity contribution >= 4 is 29.3 Å². The van der Waals surface area contributed by atoms with Crippen LogP contribution in [0.25, 0.3) is 0 Å². The number of hydrazone groups is 1. The lowest BCUT2D eigenvalue weighted by molar-refractivity contribution is 0.0653. The van der Waals surface area contributed by atoms with E-state index in [2.05, 4.69) is 15.8 Å². The third-order valence-corrected chi connectivity index (χ3v) is 5.35. The molecular formula is C23H24N4O4. The highest BCUT2D eigenvalue weighted by Crippen LogP contribution is 2.22. The van der Waals surface area contributed by atoms with Gasteiger partial charge in [-0.1, -0.05) is 24.3 Å². The Morgan fingerprint density at radius 2 is 1.77 bits per heavy atom. The molecule has 0 bridgehead atoms. The standard InChI is InChI=1S/C23H24N4O4/c1-15(5-4-12-27-21(28)19-6-2-3-7-20(19)22(27)29)25-26-17-10-8-16(9-11-17)13-18-14-31-23(30)24-18/h2-3,6-11,18,26H,4-5,12-14H2,1H3,(H,24,30)/b25-15-/t18-/m0/s1. The lowest BCUT2D eigenvalue weighted by Gasteiger charge is -2.13. The quantitative estimate of drug-likeness (QED) is 0.388. The van der Waals surface area contributed by atoms with Crippen molar-refractivity contribution < 1.29 is 19.1 Å². The van der Waals surface area contributed by atoms with Crippen LogP contribution in [-0.4, -0.2) is 47.7 Å². The minimum absolute atomic E-state index is 0.00809. The Morgan fingerprint density at radius 1 is 1.10 bits per heavy atom. The number of hydrogen-bond donors (Lipinski definition) is 2. The summed E-state index contributed by atoms with van der Waals surface area (Å²) >= 11 is 0. The van der Waals surface area contributed by atoms with E-state index in [9.17, 15) is 14.4 Å². The van der Waals surface area contributed by atoms with Gasteiger partial charge in [0.05, 0.1) is 22.9 Å². The largest absolute Gasteiger partial charge is 0.447 e. The summed E-state index contributed by atoms with van der Waals surface area (Å²) in [5.41, 5.74) is 6.82. The molecule has 2 N–H and O–H groups in total. The van der Waals surface area contributed by atoms with E-state index in [0.29, 0.717) is 43.5 Å². The number of ether oxygens (including phenoxy) is 1. The Bertz CT molecular complexity index is 997. The van der Waals surface area contributed by atoms with Gasteiger partial charge in [0.25, 0.3) is 11.8 Å². The number of nitrogens with zero attached hydrogens (tertiary/aromatic N) is 2. The molecule has 8 nitrogen and oxygen atoms in total. The van der Waals surface area contributed by atoms with E-state index in [1.165, 1.54) is 4.90 Å². The van der Waals surface area contributed by atoms with Crippen molar-refractivity contribution in [2.45, 2.75) is 32.2 Å². The third-order valence-electron chi connectivity index (χ3n) is 5.35.